The Bertz CT molecular complexity index is 121. The molecular formula is C8H16BrNO. The molecule has 0 aliphatic carbocycles. The molecule has 1 aliphatic heterocycles. The Morgan fingerprint density at radius 1 is 1.55 bits per heavy atom. The normalized spacial score (nSPS) is 34.1. The molecule has 0 bridgehead atoms. The van der Waals surface area contributed by atoms with Crippen molar-refractivity contribution in [3.63, 3.8) is 0 Å². The number of alkyl halides is 1. The zero-order valence-corrected chi connectivity index (χ0v) is 8.55. The average Bonchev–Trinajstić information content (AvgIpc) is 1.98. The van der Waals surface area contributed by atoms with Crippen LogP contribution in [0.1, 0.15) is 19.8 Å². The van der Waals surface area contributed by atoms with Crippen molar-refractivity contribution in [2.24, 2.45) is 0 Å². The van der Waals surface area contributed by atoms with Crippen molar-refractivity contribution in [3.8, 4) is 0 Å². The molecule has 0 aromatic heterocycles. The fourth-order valence-electron chi connectivity index (χ4n) is 1.58. The molecule has 11 heavy (non-hydrogen) atoms. The number of piperidine rings is 1. The fourth-order valence-corrected chi connectivity index (χ4v) is 2.03. The summed E-state index contributed by atoms with van der Waals surface area (Å²) in [5.74, 6) is 0. The lowest BCUT2D eigenvalue weighted by atomic mass is 10.0. The van der Waals surface area contributed by atoms with Crippen LogP contribution in [0.5, 0.6) is 0 Å². The Morgan fingerprint density at radius 3 is 2.91 bits per heavy atom. The lowest BCUT2D eigenvalue weighted by Crippen LogP contribution is -2.44. The van der Waals surface area contributed by atoms with Gasteiger partial charge in [-0.3, -0.25) is 4.90 Å². The topological polar surface area (TPSA) is 23.5 Å². The van der Waals surface area contributed by atoms with E-state index in [9.17, 15) is 5.11 Å². The largest absolute Gasteiger partial charge is 0.392 e. The van der Waals surface area contributed by atoms with Crippen LogP contribution in [-0.2, 0) is 0 Å². The molecule has 2 unspecified atom stereocenters. The van der Waals surface area contributed by atoms with Gasteiger partial charge in [-0.2, -0.15) is 0 Å². The average molecular weight is 222 g/mol. The number of rotatable bonds is 2. The quantitative estimate of drug-likeness (QED) is 0.710. The Kier molecular flexibility index (Phi) is 3.82. The van der Waals surface area contributed by atoms with Gasteiger partial charge in [0.2, 0.25) is 0 Å². The van der Waals surface area contributed by atoms with Crippen molar-refractivity contribution in [2.45, 2.75) is 31.9 Å². The van der Waals surface area contributed by atoms with E-state index >= 15 is 0 Å². The van der Waals surface area contributed by atoms with E-state index in [1.807, 2.05) is 0 Å². The Morgan fingerprint density at radius 2 is 2.27 bits per heavy atom. The molecule has 0 saturated carbocycles. The summed E-state index contributed by atoms with van der Waals surface area (Å²) in [6, 6.07) is 0.649. The maximum absolute atomic E-state index is 9.37. The molecule has 0 amide bonds. The number of β-amino-alcohol motifs (C(OH)–C–C–N with tert-alkyl or cyclic N) is 1. The van der Waals surface area contributed by atoms with Gasteiger partial charge < -0.3 is 5.11 Å². The maximum Gasteiger partial charge on any atom is 0.0667 e. The molecular weight excluding hydrogens is 206 g/mol. The highest BCUT2D eigenvalue weighted by molar-refractivity contribution is 9.09. The molecule has 1 rings (SSSR count). The summed E-state index contributed by atoms with van der Waals surface area (Å²) in [6.07, 6.45) is 2.01. The number of aliphatic hydroxyl groups excluding tert-OH is 1. The first-order chi connectivity index (χ1) is 5.24. The molecule has 0 radical (unpaired) electrons. The highest BCUT2D eigenvalue weighted by atomic mass is 79.9. The highest BCUT2D eigenvalue weighted by Crippen LogP contribution is 2.16. The van der Waals surface area contributed by atoms with E-state index in [1.54, 1.807) is 0 Å². The standard InChI is InChI=1S/C8H16BrNO/c1-7-2-3-8(11)6-10(7)5-4-9/h7-8,11H,2-6H2,1H3. The van der Waals surface area contributed by atoms with Gasteiger partial charge in [-0.25, -0.2) is 0 Å². The van der Waals surface area contributed by atoms with Gasteiger partial charge in [-0.15, -0.1) is 0 Å². The molecule has 1 saturated heterocycles. The second kappa shape index (κ2) is 4.43. The van der Waals surface area contributed by atoms with Gasteiger partial charge in [0.1, 0.15) is 0 Å². The second-order valence-corrected chi connectivity index (χ2v) is 4.06. The lowest BCUT2D eigenvalue weighted by molar-refractivity contribution is 0.0452. The Hall–Kier alpha value is 0.400. The summed E-state index contributed by atoms with van der Waals surface area (Å²) in [7, 11) is 0. The van der Waals surface area contributed by atoms with Crippen LogP contribution in [0.25, 0.3) is 0 Å². The third-order valence-corrected chi connectivity index (χ3v) is 2.71. The minimum atomic E-state index is -0.0924. The molecule has 66 valence electrons. The van der Waals surface area contributed by atoms with Gasteiger partial charge in [0.05, 0.1) is 6.10 Å². The van der Waals surface area contributed by atoms with E-state index in [4.69, 9.17) is 0 Å². The smallest absolute Gasteiger partial charge is 0.0667 e. The lowest BCUT2D eigenvalue weighted by Gasteiger charge is -2.35. The van der Waals surface area contributed by atoms with Crippen molar-refractivity contribution in [2.75, 3.05) is 18.4 Å². The molecule has 0 spiro atoms. The van der Waals surface area contributed by atoms with Gasteiger partial charge >= 0.3 is 0 Å². The second-order valence-electron chi connectivity index (χ2n) is 3.26. The van der Waals surface area contributed by atoms with Crippen LogP contribution >= 0.6 is 15.9 Å². The van der Waals surface area contributed by atoms with E-state index in [2.05, 4.69) is 27.8 Å². The van der Waals surface area contributed by atoms with Crippen LogP contribution in [0.2, 0.25) is 0 Å². The van der Waals surface area contributed by atoms with E-state index in [0.717, 1.165) is 31.3 Å². The van der Waals surface area contributed by atoms with Crippen molar-refractivity contribution < 1.29 is 5.11 Å². The first kappa shape index (κ1) is 9.49. The SMILES string of the molecule is CC1CCC(O)CN1CCBr. The van der Waals surface area contributed by atoms with Crippen LogP contribution < -0.4 is 0 Å². The van der Waals surface area contributed by atoms with Gasteiger partial charge in [-0.1, -0.05) is 15.9 Å². The predicted octanol–water partition coefficient (Wildman–Crippen LogP) is 1.23. The van der Waals surface area contributed by atoms with E-state index in [1.165, 1.54) is 0 Å². The van der Waals surface area contributed by atoms with Crippen LogP contribution in [-0.4, -0.2) is 40.6 Å². The third-order valence-electron chi connectivity index (χ3n) is 2.36. The van der Waals surface area contributed by atoms with E-state index < -0.39 is 0 Å². The van der Waals surface area contributed by atoms with Crippen LogP contribution in [0.15, 0.2) is 0 Å². The minimum absolute atomic E-state index is 0.0924. The number of hydrogen-bond donors (Lipinski definition) is 1. The Labute approximate surface area is 76.7 Å². The van der Waals surface area contributed by atoms with Gasteiger partial charge in [0, 0.05) is 24.5 Å². The molecule has 2 atom stereocenters. The van der Waals surface area contributed by atoms with Crippen molar-refractivity contribution in [1.82, 2.24) is 4.90 Å². The number of hydrogen-bond acceptors (Lipinski definition) is 2. The van der Waals surface area contributed by atoms with Crippen molar-refractivity contribution >= 4 is 15.9 Å². The summed E-state index contributed by atoms with van der Waals surface area (Å²) >= 11 is 3.41. The monoisotopic (exact) mass is 221 g/mol. The number of nitrogens with zero attached hydrogens (tertiary/aromatic N) is 1. The predicted molar refractivity (Wildman–Crippen MR) is 50.1 cm³/mol. The summed E-state index contributed by atoms with van der Waals surface area (Å²) in [6.45, 7) is 4.14. The van der Waals surface area contributed by atoms with Crippen LogP contribution in [0, 0.1) is 0 Å². The Balaban J connectivity index is 2.34. The first-order valence-corrected chi connectivity index (χ1v) is 5.34. The summed E-state index contributed by atoms with van der Waals surface area (Å²) < 4.78 is 0. The van der Waals surface area contributed by atoms with E-state index in [-0.39, 0.29) is 6.10 Å². The molecule has 1 heterocycles. The maximum atomic E-state index is 9.37. The van der Waals surface area contributed by atoms with Crippen LogP contribution in [0.3, 0.4) is 0 Å². The highest BCUT2D eigenvalue weighted by Gasteiger charge is 2.22. The molecule has 1 N–H and O–H groups in total. The summed E-state index contributed by atoms with van der Waals surface area (Å²) in [5, 5.41) is 10.4. The first-order valence-electron chi connectivity index (χ1n) is 4.22. The molecule has 1 aliphatic rings. The molecule has 1 fully saturated rings. The molecule has 3 heteroatoms. The van der Waals surface area contributed by atoms with Gasteiger partial charge in [0.15, 0.2) is 0 Å². The van der Waals surface area contributed by atoms with Crippen LogP contribution in [0.4, 0.5) is 0 Å². The molecule has 0 aromatic rings. The van der Waals surface area contributed by atoms with Crippen molar-refractivity contribution in [1.29, 1.82) is 0 Å². The van der Waals surface area contributed by atoms with Gasteiger partial charge in [-0.05, 0) is 19.8 Å². The fraction of sp³-hybridized carbons (Fsp3) is 1.00. The molecule has 2 nitrogen and oxygen atoms in total. The number of likely N-dealkylation sites (tertiary alicyclic amines) is 1. The van der Waals surface area contributed by atoms with Crippen molar-refractivity contribution in [3.05, 3.63) is 0 Å². The zero-order chi connectivity index (χ0) is 8.27. The number of halogens is 1. The summed E-state index contributed by atoms with van der Waals surface area (Å²) in [5.41, 5.74) is 0. The third kappa shape index (κ3) is 2.73. The molecule has 0 aromatic carbocycles. The van der Waals surface area contributed by atoms with E-state index in [0.29, 0.717) is 6.04 Å². The summed E-state index contributed by atoms with van der Waals surface area (Å²) in [4.78, 5) is 2.34. The minimum Gasteiger partial charge on any atom is -0.392 e. The number of aliphatic hydroxyl groups is 1. The van der Waals surface area contributed by atoms with Gasteiger partial charge in [0.25, 0.3) is 0 Å². The zero-order valence-electron chi connectivity index (χ0n) is 6.96.